The number of ether oxygens (including phenoxy) is 1. The molecule has 1 aromatic rings. The molecule has 4 nitrogen and oxygen atoms in total. The van der Waals surface area contributed by atoms with Gasteiger partial charge in [-0.25, -0.2) is 0 Å². The van der Waals surface area contributed by atoms with Gasteiger partial charge in [-0.2, -0.15) is 0 Å². The highest BCUT2D eigenvalue weighted by atomic mass is 79.9. The van der Waals surface area contributed by atoms with Gasteiger partial charge < -0.3 is 9.64 Å². The zero-order chi connectivity index (χ0) is 19.4. The third-order valence-electron chi connectivity index (χ3n) is 3.94. The van der Waals surface area contributed by atoms with Crippen molar-refractivity contribution in [2.45, 2.75) is 59.3 Å². The van der Waals surface area contributed by atoms with Crippen LogP contribution in [0.1, 0.15) is 69.7 Å². The van der Waals surface area contributed by atoms with Gasteiger partial charge in [0.1, 0.15) is 5.75 Å². The van der Waals surface area contributed by atoms with Crippen molar-refractivity contribution in [3.05, 3.63) is 28.2 Å². The number of hydrogen-bond donors (Lipinski definition) is 1. The van der Waals surface area contributed by atoms with Gasteiger partial charge in [0.25, 0.3) is 5.91 Å². The van der Waals surface area contributed by atoms with Crippen LogP contribution in [0.2, 0.25) is 0 Å². The van der Waals surface area contributed by atoms with Gasteiger partial charge in [-0.3, -0.25) is 10.1 Å². The molecule has 0 aliphatic carbocycles. The minimum Gasteiger partial charge on any atom is -0.492 e. The third-order valence-corrected chi connectivity index (χ3v) is 4.92. The van der Waals surface area contributed by atoms with Crippen LogP contribution < -0.4 is 10.1 Å². The van der Waals surface area contributed by atoms with Crippen LogP contribution in [0.5, 0.6) is 5.75 Å². The summed E-state index contributed by atoms with van der Waals surface area (Å²) in [6, 6.07) is 5.38. The van der Waals surface area contributed by atoms with Gasteiger partial charge in [-0.15, -0.1) is 0 Å². The molecule has 0 heterocycles. The smallest absolute Gasteiger partial charge is 0.257 e. The first kappa shape index (κ1) is 22.9. The molecule has 0 aliphatic rings. The van der Waals surface area contributed by atoms with E-state index >= 15 is 0 Å². The van der Waals surface area contributed by atoms with E-state index in [1.165, 1.54) is 19.3 Å². The number of nitrogens with one attached hydrogen (secondary N) is 1. The van der Waals surface area contributed by atoms with Crippen LogP contribution in [0, 0.1) is 0 Å². The van der Waals surface area contributed by atoms with Crippen molar-refractivity contribution in [2.75, 3.05) is 19.7 Å². The van der Waals surface area contributed by atoms with Crippen molar-refractivity contribution < 1.29 is 9.53 Å². The summed E-state index contributed by atoms with van der Waals surface area (Å²) >= 11 is 8.89. The zero-order valence-electron chi connectivity index (χ0n) is 16.1. The van der Waals surface area contributed by atoms with Crippen LogP contribution in [0.3, 0.4) is 0 Å². The lowest BCUT2D eigenvalue weighted by Gasteiger charge is -2.24. The van der Waals surface area contributed by atoms with Gasteiger partial charge in [0, 0.05) is 18.7 Å². The monoisotopic (exact) mass is 442 g/mol. The molecule has 26 heavy (non-hydrogen) atoms. The highest BCUT2D eigenvalue weighted by Crippen LogP contribution is 2.26. The lowest BCUT2D eigenvalue weighted by molar-refractivity contribution is 0.0973. The molecular weight excluding hydrogens is 412 g/mol. The standard InChI is InChI=1S/C20H31BrN2O2S/c1-4-7-8-9-14-25-18-11-10-16(15-17(18)21)19(24)22-20(26)23(12-5-2)13-6-3/h10-11,15H,4-9,12-14H2,1-3H3,(H,22,24,26). The molecule has 0 aromatic heterocycles. The maximum absolute atomic E-state index is 12.5. The molecule has 0 saturated heterocycles. The first-order chi connectivity index (χ1) is 12.5. The lowest BCUT2D eigenvalue weighted by atomic mass is 10.2. The molecule has 6 heteroatoms. The number of amides is 1. The fraction of sp³-hybridized carbons (Fsp3) is 0.600. The van der Waals surface area contributed by atoms with Gasteiger partial charge in [0.05, 0.1) is 11.1 Å². The molecule has 0 saturated carbocycles. The second-order valence-electron chi connectivity index (χ2n) is 6.30. The molecule has 0 fully saturated rings. The number of rotatable bonds is 11. The molecule has 1 N–H and O–H groups in total. The molecule has 0 spiro atoms. The number of halogens is 1. The second-order valence-corrected chi connectivity index (χ2v) is 7.54. The van der Waals surface area contributed by atoms with Crippen LogP contribution >= 0.6 is 28.1 Å². The molecule has 0 unspecified atom stereocenters. The Morgan fingerprint density at radius 1 is 1.12 bits per heavy atom. The van der Waals surface area contributed by atoms with E-state index in [9.17, 15) is 4.79 Å². The summed E-state index contributed by atoms with van der Waals surface area (Å²) in [7, 11) is 0. The molecule has 146 valence electrons. The summed E-state index contributed by atoms with van der Waals surface area (Å²) in [6.45, 7) is 8.78. The Bertz CT molecular complexity index is 575. The maximum Gasteiger partial charge on any atom is 0.257 e. The van der Waals surface area contributed by atoms with Crippen LogP contribution in [0.4, 0.5) is 0 Å². The summed E-state index contributed by atoms with van der Waals surface area (Å²) in [6.07, 6.45) is 6.65. The van der Waals surface area contributed by atoms with Gasteiger partial charge in [-0.05, 0) is 65.6 Å². The predicted octanol–water partition coefficient (Wildman–Crippen LogP) is 5.54. The van der Waals surface area contributed by atoms with Gasteiger partial charge in [0.15, 0.2) is 5.11 Å². The number of nitrogens with zero attached hydrogens (tertiary/aromatic N) is 1. The highest BCUT2D eigenvalue weighted by Gasteiger charge is 2.14. The number of carbonyl (C=O) groups is 1. The molecule has 0 bridgehead atoms. The molecule has 0 aliphatic heterocycles. The first-order valence-corrected chi connectivity index (χ1v) is 10.8. The molecule has 1 aromatic carbocycles. The molecule has 0 radical (unpaired) electrons. The van der Waals surface area contributed by atoms with Gasteiger partial charge >= 0.3 is 0 Å². The van der Waals surface area contributed by atoms with Crippen molar-refractivity contribution >= 4 is 39.2 Å². The summed E-state index contributed by atoms with van der Waals surface area (Å²) in [4.78, 5) is 14.5. The Balaban J connectivity index is 2.61. The van der Waals surface area contributed by atoms with Crippen molar-refractivity contribution in [1.82, 2.24) is 10.2 Å². The van der Waals surface area contributed by atoms with Crippen LogP contribution in [-0.2, 0) is 0 Å². The molecule has 1 amide bonds. The number of unbranched alkanes of at least 4 members (excludes halogenated alkanes) is 3. The summed E-state index contributed by atoms with van der Waals surface area (Å²) in [5.74, 6) is 0.571. The highest BCUT2D eigenvalue weighted by molar-refractivity contribution is 9.10. The number of thiocarbonyl (C=S) groups is 1. The second kappa shape index (κ2) is 13.1. The predicted molar refractivity (Wildman–Crippen MR) is 116 cm³/mol. The average molecular weight is 443 g/mol. The molecule has 1 rings (SSSR count). The Labute approximate surface area is 171 Å². The summed E-state index contributed by atoms with van der Waals surface area (Å²) in [5.41, 5.74) is 0.561. The molecular formula is C20H31BrN2O2S. The topological polar surface area (TPSA) is 41.6 Å². The van der Waals surface area contributed by atoms with Crippen LogP contribution in [-0.4, -0.2) is 35.6 Å². The summed E-state index contributed by atoms with van der Waals surface area (Å²) < 4.78 is 6.57. The number of hydrogen-bond acceptors (Lipinski definition) is 3. The van der Waals surface area contributed by atoms with Crippen molar-refractivity contribution in [3.8, 4) is 5.75 Å². The Kier molecular flexibility index (Phi) is 11.5. The van der Waals surface area contributed by atoms with Gasteiger partial charge in [0.2, 0.25) is 0 Å². The quantitative estimate of drug-likeness (QED) is 0.360. The van der Waals surface area contributed by atoms with E-state index in [0.717, 1.165) is 42.6 Å². The van der Waals surface area contributed by atoms with E-state index in [1.54, 1.807) is 12.1 Å². The third kappa shape index (κ3) is 8.04. The lowest BCUT2D eigenvalue weighted by Crippen LogP contribution is -2.43. The first-order valence-electron chi connectivity index (χ1n) is 9.56. The summed E-state index contributed by atoms with van der Waals surface area (Å²) in [5, 5.41) is 3.33. The van der Waals surface area contributed by atoms with Crippen LogP contribution in [0.25, 0.3) is 0 Å². The minimum absolute atomic E-state index is 0.192. The fourth-order valence-corrected chi connectivity index (χ4v) is 3.34. The minimum atomic E-state index is -0.192. The zero-order valence-corrected chi connectivity index (χ0v) is 18.5. The molecule has 0 atom stereocenters. The number of benzene rings is 1. The fourth-order valence-electron chi connectivity index (χ4n) is 2.57. The van der Waals surface area contributed by atoms with E-state index in [4.69, 9.17) is 17.0 Å². The van der Waals surface area contributed by atoms with E-state index in [0.29, 0.717) is 17.3 Å². The van der Waals surface area contributed by atoms with E-state index in [1.807, 2.05) is 11.0 Å². The van der Waals surface area contributed by atoms with Crippen molar-refractivity contribution in [1.29, 1.82) is 0 Å². The maximum atomic E-state index is 12.5. The van der Waals surface area contributed by atoms with Crippen LogP contribution in [0.15, 0.2) is 22.7 Å². The Morgan fingerprint density at radius 3 is 2.38 bits per heavy atom. The number of carbonyl (C=O) groups excluding carboxylic acids is 1. The largest absolute Gasteiger partial charge is 0.492 e. The SMILES string of the molecule is CCCCCCOc1ccc(C(=O)NC(=S)N(CCC)CCC)cc1Br. The van der Waals surface area contributed by atoms with E-state index < -0.39 is 0 Å². The Hall–Kier alpha value is -1.14. The normalized spacial score (nSPS) is 10.5. The average Bonchev–Trinajstić information content (AvgIpc) is 2.62. The van der Waals surface area contributed by atoms with E-state index in [-0.39, 0.29) is 5.91 Å². The van der Waals surface area contributed by atoms with Crippen molar-refractivity contribution in [2.24, 2.45) is 0 Å². The Morgan fingerprint density at radius 2 is 1.81 bits per heavy atom. The van der Waals surface area contributed by atoms with Gasteiger partial charge in [-0.1, -0.05) is 40.0 Å². The van der Waals surface area contributed by atoms with E-state index in [2.05, 4.69) is 42.0 Å². The van der Waals surface area contributed by atoms with Crippen molar-refractivity contribution in [3.63, 3.8) is 0 Å².